The highest BCUT2D eigenvalue weighted by Gasteiger charge is 2.52. The fourth-order valence-electron chi connectivity index (χ4n) is 3.68. The van der Waals surface area contributed by atoms with E-state index in [1.165, 1.54) is 0 Å². The molecule has 0 bridgehead atoms. The zero-order valence-electron chi connectivity index (χ0n) is 14.4. The van der Waals surface area contributed by atoms with Crippen LogP contribution in [0, 0.1) is 17.8 Å². The van der Waals surface area contributed by atoms with Crippen LogP contribution < -0.4 is 5.43 Å². The van der Waals surface area contributed by atoms with Crippen molar-refractivity contribution >= 4 is 28.1 Å². The molecule has 3 rings (SSSR count). The van der Waals surface area contributed by atoms with Gasteiger partial charge in [-0.25, -0.2) is 5.43 Å². The molecule has 0 heterocycles. The van der Waals surface area contributed by atoms with Crippen LogP contribution in [0.3, 0.4) is 0 Å². The topological polar surface area (TPSA) is 41.5 Å². The molecule has 0 aromatic heterocycles. The monoisotopic (exact) mass is 400 g/mol. The maximum Gasteiger partial charge on any atom is 0.243 e. The predicted octanol–water partition coefficient (Wildman–Crippen LogP) is 5.23. The lowest BCUT2D eigenvalue weighted by Gasteiger charge is -2.00. The number of nitrogens with zero attached hydrogens (tertiary/aromatic N) is 1. The number of rotatable bonds is 3. The normalized spacial score (nSPS) is 29.1. The number of nitrogens with one attached hydrogen (secondary N) is 1. The minimum atomic E-state index is 0.0705. The van der Waals surface area contributed by atoms with Gasteiger partial charge in [0.2, 0.25) is 5.91 Å². The molecular formula is C21H25BrN2O. The molecule has 0 aliphatic heterocycles. The number of carbonyl (C=O) groups excluding carboxylic acids is 1. The van der Waals surface area contributed by atoms with Gasteiger partial charge in [0, 0.05) is 16.0 Å². The van der Waals surface area contributed by atoms with Crippen molar-refractivity contribution in [1.82, 2.24) is 5.43 Å². The van der Waals surface area contributed by atoms with Gasteiger partial charge in [0.25, 0.3) is 0 Å². The Morgan fingerprint density at radius 2 is 1.60 bits per heavy atom. The molecule has 4 heteroatoms. The highest BCUT2D eigenvalue weighted by atomic mass is 79.9. The SMILES string of the molecule is O=C(N/N=C\c1ccccc1Br)C1[C@@H]2CC/C=C\CC/C=C\CC[C@@H]12. The second-order valence-corrected chi connectivity index (χ2v) is 7.64. The number of amides is 1. The summed E-state index contributed by atoms with van der Waals surface area (Å²) >= 11 is 3.48. The second-order valence-electron chi connectivity index (χ2n) is 6.78. The summed E-state index contributed by atoms with van der Waals surface area (Å²) in [6.07, 6.45) is 17.4. The first kappa shape index (κ1) is 18.1. The van der Waals surface area contributed by atoms with Gasteiger partial charge in [-0.2, -0.15) is 5.10 Å². The number of halogens is 1. The lowest BCUT2D eigenvalue weighted by molar-refractivity contribution is -0.122. The number of benzene rings is 1. The minimum Gasteiger partial charge on any atom is -0.273 e. The Hall–Kier alpha value is -1.68. The van der Waals surface area contributed by atoms with Crippen LogP contribution in [0.2, 0.25) is 0 Å². The smallest absolute Gasteiger partial charge is 0.243 e. The molecule has 0 unspecified atom stereocenters. The zero-order chi connectivity index (χ0) is 17.5. The van der Waals surface area contributed by atoms with Gasteiger partial charge in [0.15, 0.2) is 0 Å². The van der Waals surface area contributed by atoms with Crippen molar-refractivity contribution in [2.45, 2.75) is 38.5 Å². The highest BCUT2D eigenvalue weighted by Crippen LogP contribution is 2.52. The van der Waals surface area contributed by atoms with E-state index in [0.717, 1.165) is 48.6 Å². The van der Waals surface area contributed by atoms with Gasteiger partial charge in [-0.1, -0.05) is 58.4 Å². The first-order valence-corrected chi connectivity index (χ1v) is 9.94. The summed E-state index contributed by atoms with van der Waals surface area (Å²) in [6.45, 7) is 0. The van der Waals surface area contributed by atoms with Crippen LogP contribution >= 0.6 is 15.9 Å². The average molecular weight is 401 g/mol. The number of fused-ring (bicyclic) bond motifs is 1. The second kappa shape index (κ2) is 9.14. The number of hydrazone groups is 1. The zero-order valence-corrected chi connectivity index (χ0v) is 16.0. The summed E-state index contributed by atoms with van der Waals surface area (Å²) < 4.78 is 0.972. The van der Waals surface area contributed by atoms with Gasteiger partial charge in [-0.3, -0.25) is 4.79 Å². The Morgan fingerprint density at radius 1 is 1.00 bits per heavy atom. The molecule has 1 fully saturated rings. The maximum atomic E-state index is 12.5. The van der Waals surface area contributed by atoms with Crippen molar-refractivity contribution in [2.75, 3.05) is 0 Å². The Bertz CT molecular complexity index is 656. The molecule has 0 radical (unpaired) electrons. The van der Waals surface area contributed by atoms with E-state index in [2.05, 4.69) is 50.8 Å². The molecule has 2 atom stereocenters. The first-order valence-electron chi connectivity index (χ1n) is 9.15. The van der Waals surface area contributed by atoms with Crippen LogP contribution in [0.15, 0.2) is 58.1 Å². The molecule has 2 aliphatic rings. The quantitative estimate of drug-likeness (QED) is 0.421. The third-order valence-electron chi connectivity index (χ3n) is 5.08. The lowest BCUT2D eigenvalue weighted by Crippen LogP contribution is -2.21. The predicted molar refractivity (Wildman–Crippen MR) is 106 cm³/mol. The molecule has 1 aromatic carbocycles. The van der Waals surface area contributed by atoms with Crippen molar-refractivity contribution in [3.63, 3.8) is 0 Å². The molecule has 1 aromatic rings. The van der Waals surface area contributed by atoms with Crippen LogP contribution in [0.25, 0.3) is 0 Å². The van der Waals surface area contributed by atoms with Crippen molar-refractivity contribution in [3.05, 3.63) is 58.6 Å². The molecule has 2 aliphatic carbocycles. The summed E-state index contributed by atoms with van der Waals surface area (Å²) in [5.74, 6) is 1.22. The molecular weight excluding hydrogens is 376 g/mol. The first-order chi connectivity index (χ1) is 12.3. The van der Waals surface area contributed by atoms with Crippen molar-refractivity contribution in [2.24, 2.45) is 22.9 Å². The number of hydrogen-bond acceptors (Lipinski definition) is 2. The Morgan fingerprint density at radius 3 is 2.24 bits per heavy atom. The molecule has 1 amide bonds. The van der Waals surface area contributed by atoms with Crippen LogP contribution in [0.5, 0.6) is 0 Å². The van der Waals surface area contributed by atoms with Crippen LogP contribution in [-0.4, -0.2) is 12.1 Å². The molecule has 1 saturated carbocycles. The Balaban J connectivity index is 1.55. The molecule has 0 spiro atoms. The molecule has 3 nitrogen and oxygen atoms in total. The van der Waals surface area contributed by atoms with E-state index in [1.807, 2.05) is 24.3 Å². The molecule has 132 valence electrons. The van der Waals surface area contributed by atoms with Gasteiger partial charge in [-0.15, -0.1) is 0 Å². The van der Waals surface area contributed by atoms with Gasteiger partial charge in [-0.05, 0) is 56.4 Å². The van der Waals surface area contributed by atoms with Crippen molar-refractivity contribution in [3.8, 4) is 0 Å². The maximum absolute atomic E-state index is 12.5. The third kappa shape index (κ3) is 5.15. The van der Waals surface area contributed by atoms with E-state index in [1.54, 1.807) is 6.21 Å². The fourth-order valence-corrected chi connectivity index (χ4v) is 4.07. The summed E-state index contributed by atoms with van der Waals surface area (Å²) in [5.41, 5.74) is 3.71. The standard InChI is InChI=1S/C21H25BrN2O/c22-19-14-10-9-11-16(19)15-23-24-21(25)20-17-12-7-5-3-1-2-4-6-8-13-18(17)20/h3-6,9-11,14-15,17-18,20H,1-2,7-8,12-13H2,(H,24,25)/b5-3-,6-4-,23-15-/t17-,18-/m1/s1. The van der Waals surface area contributed by atoms with E-state index in [-0.39, 0.29) is 11.8 Å². The van der Waals surface area contributed by atoms with E-state index >= 15 is 0 Å². The summed E-state index contributed by atoms with van der Waals surface area (Å²) in [6, 6.07) is 7.83. The van der Waals surface area contributed by atoms with E-state index in [9.17, 15) is 4.79 Å². The van der Waals surface area contributed by atoms with Crippen LogP contribution in [0.4, 0.5) is 0 Å². The van der Waals surface area contributed by atoms with Crippen LogP contribution in [0.1, 0.15) is 44.1 Å². The van der Waals surface area contributed by atoms with Crippen LogP contribution in [-0.2, 0) is 4.79 Å². The average Bonchev–Trinajstić information content (AvgIpc) is 3.29. The van der Waals surface area contributed by atoms with Gasteiger partial charge < -0.3 is 0 Å². The molecule has 0 saturated heterocycles. The summed E-state index contributed by atoms with van der Waals surface area (Å²) in [4.78, 5) is 12.5. The van der Waals surface area contributed by atoms with Crippen molar-refractivity contribution < 1.29 is 4.79 Å². The minimum absolute atomic E-state index is 0.0705. The van der Waals surface area contributed by atoms with Gasteiger partial charge in [0.05, 0.1) is 6.21 Å². The van der Waals surface area contributed by atoms with E-state index in [4.69, 9.17) is 0 Å². The molecule has 25 heavy (non-hydrogen) atoms. The van der Waals surface area contributed by atoms with Gasteiger partial charge in [0.1, 0.15) is 0 Å². The number of allylic oxidation sites excluding steroid dienone is 4. The summed E-state index contributed by atoms with van der Waals surface area (Å²) in [7, 11) is 0. The van der Waals surface area contributed by atoms with Crippen molar-refractivity contribution in [1.29, 1.82) is 0 Å². The number of carbonyl (C=O) groups is 1. The third-order valence-corrected chi connectivity index (χ3v) is 5.81. The Kier molecular flexibility index (Phi) is 6.62. The number of hydrogen-bond donors (Lipinski definition) is 1. The summed E-state index contributed by atoms with van der Waals surface area (Å²) in [5, 5.41) is 4.15. The largest absolute Gasteiger partial charge is 0.273 e. The van der Waals surface area contributed by atoms with Gasteiger partial charge >= 0.3 is 0 Å². The Labute approximate surface area is 158 Å². The lowest BCUT2D eigenvalue weighted by atomic mass is 10.1. The highest BCUT2D eigenvalue weighted by molar-refractivity contribution is 9.10. The molecule has 1 N–H and O–H groups in total. The van der Waals surface area contributed by atoms with E-state index < -0.39 is 0 Å². The fraction of sp³-hybridized carbons (Fsp3) is 0.429. The van der Waals surface area contributed by atoms with E-state index in [0.29, 0.717) is 11.8 Å².